The predicted octanol–water partition coefficient (Wildman–Crippen LogP) is 3.97. The summed E-state index contributed by atoms with van der Waals surface area (Å²) in [5, 5.41) is 1.41. The highest BCUT2D eigenvalue weighted by molar-refractivity contribution is 6.34. The molecule has 0 spiro atoms. The number of rotatable bonds is 3. The summed E-state index contributed by atoms with van der Waals surface area (Å²) >= 11 is 12.0. The molecule has 0 aliphatic carbocycles. The highest BCUT2D eigenvalue weighted by Gasteiger charge is 2.22. The topological polar surface area (TPSA) is 29.3 Å². The van der Waals surface area contributed by atoms with Gasteiger partial charge >= 0.3 is 0 Å². The van der Waals surface area contributed by atoms with Crippen molar-refractivity contribution in [3.05, 3.63) is 33.8 Å². The van der Waals surface area contributed by atoms with E-state index in [1.807, 2.05) is 12.1 Å². The van der Waals surface area contributed by atoms with Gasteiger partial charge < -0.3 is 5.73 Å². The van der Waals surface area contributed by atoms with Gasteiger partial charge in [0.15, 0.2) is 0 Å². The lowest BCUT2D eigenvalue weighted by Crippen LogP contribution is -2.41. The molecule has 2 unspecified atom stereocenters. The van der Waals surface area contributed by atoms with E-state index in [0.29, 0.717) is 16.0 Å². The van der Waals surface area contributed by atoms with Crippen molar-refractivity contribution < 1.29 is 0 Å². The van der Waals surface area contributed by atoms with Gasteiger partial charge in [0, 0.05) is 29.2 Å². The average Bonchev–Trinajstić information content (AvgIpc) is 2.27. The van der Waals surface area contributed by atoms with Crippen molar-refractivity contribution in [1.29, 1.82) is 0 Å². The molecule has 1 aromatic carbocycles. The van der Waals surface area contributed by atoms with Crippen LogP contribution in [-0.4, -0.2) is 24.0 Å². The van der Waals surface area contributed by atoms with E-state index in [1.54, 1.807) is 6.07 Å². The standard InChI is InChI=1S/C14H20Cl2N2.ClH/c1-10(17)12-3-2-4-18(9-12)8-11-5-13(15)7-14(16)6-11;/h5-7,10,12H,2-4,8-9,17H2,1H3;1H. The molecule has 0 bridgehead atoms. The molecule has 2 nitrogen and oxygen atoms in total. The van der Waals surface area contributed by atoms with Crippen molar-refractivity contribution in [2.45, 2.75) is 32.4 Å². The van der Waals surface area contributed by atoms with Crippen LogP contribution in [0.1, 0.15) is 25.3 Å². The van der Waals surface area contributed by atoms with Gasteiger partial charge in [-0.15, -0.1) is 12.4 Å². The molecule has 19 heavy (non-hydrogen) atoms. The maximum atomic E-state index is 6.02. The van der Waals surface area contributed by atoms with Crippen molar-refractivity contribution >= 4 is 35.6 Å². The molecule has 1 heterocycles. The van der Waals surface area contributed by atoms with Gasteiger partial charge in [0.05, 0.1) is 0 Å². The molecular formula is C14H21Cl3N2. The Morgan fingerprint density at radius 2 is 1.95 bits per heavy atom. The first-order valence-corrected chi connectivity index (χ1v) is 7.23. The normalized spacial score (nSPS) is 21.8. The zero-order valence-electron chi connectivity index (χ0n) is 11.1. The van der Waals surface area contributed by atoms with Gasteiger partial charge in [-0.1, -0.05) is 23.2 Å². The fourth-order valence-corrected chi connectivity index (χ4v) is 3.20. The van der Waals surface area contributed by atoms with Crippen LogP contribution in [-0.2, 0) is 6.54 Å². The fraction of sp³-hybridized carbons (Fsp3) is 0.571. The molecule has 0 amide bonds. The van der Waals surface area contributed by atoms with E-state index >= 15 is 0 Å². The molecule has 1 aromatic rings. The summed E-state index contributed by atoms with van der Waals surface area (Å²) in [6.07, 6.45) is 2.46. The molecule has 1 fully saturated rings. The number of nitrogens with two attached hydrogens (primary N) is 1. The van der Waals surface area contributed by atoms with Crippen molar-refractivity contribution in [3.63, 3.8) is 0 Å². The van der Waals surface area contributed by atoms with Crippen LogP contribution in [0.4, 0.5) is 0 Å². The van der Waals surface area contributed by atoms with Gasteiger partial charge in [0.1, 0.15) is 0 Å². The summed E-state index contributed by atoms with van der Waals surface area (Å²) in [5.74, 6) is 0.605. The number of hydrogen-bond acceptors (Lipinski definition) is 2. The first kappa shape index (κ1) is 17.1. The zero-order valence-corrected chi connectivity index (χ0v) is 13.4. The Morgan fingerprint density at radius 3 is 2.53 bits per heavy atom. The van der Waals surface area contributed by atoms with Gasteiger partial charge in [0.2, 0.25) is 0 Å². The van der Waals surface area contributed by atoms with Crippen molar-refractivity contribution in [3.8, 4) is 0 Å². The highest BCUT2D eigenvalue weighted by atomic mass is 35.5. The number of halogens is 3. The van der Waals surface area contributed by atoms with Gasteiger partial charge in [-0.3, -0.25) is 4.90 Å². The summed E-state index contributed by atoms with van der Waals surface area (Å²) in [4.78, 5) is 2.44. The average molecular weight is 324 g/mol. The molecular weight excluding hydrogens is 303 g/mol. The number of likely N-dealkylation sites (tertiary alicyclic amines) is 1. The van der Waals surface area contributed by atoms with Crippen LogP contribution < -0.4 is 5.73 Å². The molecule has 2 atom stereocenters. The summed E-state index contributed by atoms with van der Waals surface area (Å²) in [6.45, 7) is 5.21. The smallest absolute Gasteiger partial charge is 0.0424 e. The lowest BCUT2D eigenvalue weighted by atomic mass is 9.92. The molecule has 0 saturated carbocycles. The van der Waals surface area contributed by atoms with Crippen LogP contribution in [0.15, 0.2) is 18.2 Å². The number of piperidine rings is 1. The minimum Gasteiger partial charge on any atom is -0.328 e. The van der Waals surface area contributed by atoms with Crippen molar-refractivity contribution in [2.24, 2.45) is 11.7 Å². The summed E-state index contributed by atoms with van der Waals surface area (Å²) in [5.41, 5.74) is 7.18. The third-order valence-electron chi connectivity index (χ3n) is 3.61. The van der Waals surface area contributed by atoms with Crippen molar-refractivity contribution in [2.75, 3.05) is 13.1 Å². The Morgan fingerprint density at radius 1 is 1.32 bits per heavy atom. The first-order chi connectivity index (χ1) is 8.54. The minimum absolute atomic E-state index is 0. The van der Waals surface area contributed by atoms with Gasteiger partial charge in [-0.2, -0.15) is 0 Å². The second kappa shape index (κ2) is 7.70. The second-order valence-electron chi connectivity index (χ2n) is 5.27. The number of benzene rings is 1. The van der Waals surface area contributed by atoms with E-state index in [0.717, 1.165) is 19.6 Å². The van der Waals surface area contributed by atoms with E-state index in [-0.39, 0.29) is 18.4 Å². The monoisotopic (exact) mass is 322 g/mol. The molecule has 1 aliphatic heterocycles. The first-order valence-electron chi connectivity index (χ1n) is 6.47. The summed E-state index contributed by atoms with van der Waals surface area (Å²) < 4.78 is 0. The van der Waals surface area contributed by atoms with E-state index in [2.05, 4.69) is 11.8 Å². The Hall–Kier alpha value is 0.01000. The SMILES string of the molecule is CC(N)C1CCCN(Cc2cc(Cl)cc(Cl)c2)C1.Cl. The van der Waals surface area contributed by atoms with E-state index < -0.39 is 0 Å². The molecule has 2 rings (SSSR count). The fourth-order valence-electron chi connectivity index (χ4n) is 2.62. The maximum Gasteiger partial charge on any atom is 0.0424 e. The van der Waals surface area contributed by atoms with E-state index in [1.165, 1.54) is 18.4 Å². The van der Waals surface area contributed by atoms with Crippen LogP contribution in [0.25, 0.3) is 0 Å². The number of hydrogen-bond donors (Lipinski definition) is 1. The van der Waals surface area contributed by atoms with Crippen LogP contribution in [0.3, 0.4) is 0 Å². The van der Waals surface area contributed by atoms with Crippen LogP contribution in [0.2, 0.25) is 10.0 Å². The molecule has 2 N–H and O–H groups in total. The third kappa shape index (κ3) is 5.13. The van der Waals surface area contributed by atoms with Gasteiger partial charge in [-0.05, 0) is 56.0 Å². The predicted molar refractivity (Wildman–Crippen MR) is 85.4 cm³/mol. The zero-order chi connectivity index (χ0) is 13.1. The van der Waals surface area contributed by atoms with Gasteiger partial charge in [-0.25, -0.2) is 0 Å². The third-order valence-corrected chi connectivity index (χ3v) is 4.05. The lowest BCUT2D eigenvalue weighted by Gasteiger charge is -2.34. The molecule has 0 aromatic heterocycles. The largest absolute Gasteiger partial charge is 0.328 e. The van der Waals surface area contributed by atoms with Crippen LogP contribution in [0.5, 0.6) is 0 Å². The summed E-state index contributed by atoms with van der Waals surface area (Å²) in [7, 11) is 0. The van der Waals surface area contributed by atoms with Gasteiger partial charge in [0.25, 0.3) is 0 Å². The quantitative estimate of drug-likeness (QED) is 0.912. The lowest BCUT2D eigenvalue weighted by molar-refractivity contribution is 0.154. The van der Waals surface area contributed by atoms with Crippen LogP contribution in [0, 0.1) is 5.92 Å². The molecule has 0 radical (unpaired) electrons. The van der Waals surface area contributed by atoms with Crippen molar-refractivity contribution in [1.82, 2.24) is 4.90 Å². The molecule has 5 heteroatoms. The Labute approximate surface area is 131 Å². The summed E-state index contributed by atoms with van der Waals surface area (Å²) in [6, 6.07) is 6.02. The minimum atomic E-state index is 0. The Bertz CT molecular complexity index is 389. The maximum absolute atomic E-state index is 6.02. The molecule has 1 saturated heterocycles. The number of nitrogens with zero attached hydrogens (tertiary/aromatic N) is 1. The Kier molecular flexibility index (Phi) is 6.92. The van der Waals surface area contributed by atoms with Crippen LogP contribution >= 0.6 is 35.6 Å². The molecule has 108 valence electrons. The highest BCUT2D eigenvalue weighted by Crippen LogP contribution is 2.23. The van der Waals surface area contributed by atoms with E-state index in [4.69, 9.17) is 28.9 Å². The van der Waals surface area contributed by atoms with E-state index in [9.17, 15) is 0 Å². The second-order valence-corrected chi connectivity index (χ2v) is 6.15. The molecule has 1 aliphatic rings. The Balaban J connectivity index is 0.00000180.